The van der Waals surface area contributed by atoms with Crippen LogP contribution >= 0.6 is 0 Å². The van der Waals surface area contributed by atoms with Gasteiger partial charge in [-0.05, 0) is 42.7 Å². The van der Waals surface area contributed by atoms with E-state index in [-0.39, 0.29) is 17.7 Å². The fourth-order valence-corrected chi connectivity index (χ4v) is 3.78. The summed E-state index contributed by atoms with van der Waals surface area (Å²) in [7, 11) is 1.62. The first kappa shape index (κ1) is 21.5. The van der Waals surface area contributed by atoms with Crippen LogP contribution in [0.2, 0.25) is 0 Å². The Labute approximate surface area is 186 Å². The van der Waals surface area contributed by atoms with E-state index in [4.69, 9.17) is 9.26 Å². The van der Waals surface area contributed by atoms with Crippen molar-refractivity contribution in [2.45, 2.75) is 26.3 Å². The highest BCUT2D eigenvalue weighted by Gasteiger charge is 2.27. The van der Waals surface area contributed by atoms with Crippen LogP contribution in [0.3, 0.4) is 0 Å². The van der Waals surface area contributed by atoms with Crippen molar-refractivity contribution in [3.63, 3.8) is 0 Å². The molecule has 8 heteroatoms. The van der Waals surface area contributed by atoms with E-state index >= 15 is 0 Å². The Balaban J connectivity index is 1.27. The average Bonchev–Trinajstić information content (AvgIpc) is 3.29. The largest absolute Gasteiger partial charge is 0.497 e. The number of methoxy groups -OCH3 is 1. The van der Waals surface area contributed by atoms with Crippen molar-refractivity contribution in [1.29, 1.82) is 0 Å². The maximum absolute atomic E-state index is 12.9. The number of aromatic nitrogens is 2. The van der Waals surface area contributed by atoms with E-state index in [1.807, 2.05) is 36.4 Å². The van der Waals surface area contributed by atoms with E-state index in [0.29, 0.717) is 49.8 Å². The summed E-state index contributed by atoms with van der Waals surface area (Å²) in [6, 6.07) is 14.8. The summed E-state index contributed by atoms with van der Waals surface area (Å²) in [4.78, 5) is 31.4. The molecule has 0 saturated carbocycles. The van der Waals surface area contributed by atoms with Gasteiger partial charge in [0.05, 0.1) is 7.11 Å². The highest BCUT2D eigenvalue weighted by molar-refractivity contribution is 5.94. The average molecular weight is 434 g/mol. The maximum atomic E-state index is 12.9. The lowest BCUT2D eigenvalue weighted by atomic mass is 9.95. The molecule has 1 saturated heterocycles. The van der Waals surface area contributed by atoms with Gasteiger partial charge in [0.25, 0.3) is 5.91 Å². The van der Waals surface area contributed by atoms with Gasteiger partial charge in [-0.2, -0.15) is 4.98 Å². The van der Waals surface area contributed by atoms with Crippen molar-refractivity contribution >= 4 is 11.8 Å². The third-order valence-corrected chi connectivity index (χ3v) is 5.70. The van der Waals surface area contributed by atoms with Gasteiger partial charge in [0.15, 0.2) is 0 Å². The molecule has 32 heavy (non-hydrogen) atoms. The van der Waals surface area contributed by atoms with Gasteiger partial charge in [-0.1, -0.05) is 29.4 Å². The smallest absolute Gasteiger partial charge is 0.253 e. The molecule has 0 radical (unpaired) electrons. The zero-order valence-corrected chi connectivity index (χ0v) is 18.2. The number of carbonyl (C=O) groups is 2. The quantitative estimate of drug-likeness (QED) is 0.640. The molecule has 1 aliphatic rings. The van der Waals surface area contributed by atoms with Crippen molar-refractivity contribution in [1.82, 2.24) is 20.4 Å². The van der Waals surface area contributed by atoms with Crippen LogP contribution in [0.4, 0.5) is 0 Å². The van der Waals surface area contributed by atoms with E-state index in [9.17, 15) is 9.59 Å². The number of nitrogens with zero attached hydrogens (tertiary/aromatic N) is 3. The molecule has 2 aromatic carbocycles. The van der Waals surface area contributed by atoms with Gasteiger partial charge in [0.2, 0.25) is 17.6 Å². The normalized spacial score (nSPS) is 14.2. The molecule has 0 bridgehead atoms. The molecule has 0 atom stereocenters. The van der Waals surface area contributed by atoms with Crippen LogP contribution in [0.5, 0.6) is 5.75 Å². The molecule has 166 valence electrons. The lowest BCUT2D eigenvalue weighted by molar-refractivity contribution is -0.126. The third kappa shape index (κ3) is 4.96. The first-order valence-electron chi connectivity index (χ1n) is 10.6. The molecule has 1 aliphatic heterocycles. The van der Waals surface area contributed by atoms with Crippen LogP contribution in [-0.2, 0) is 11.3 Å². The maximum Gasteiger partial charge on any atom is 0.253 e. The van der Waals surface area contributed by atoms with Gasteiger partial charge in [-0.3, -0.25) is 9.59 Å². The summed E-state index contributed by atoms with van der Waals surface area (Å²) in [5.74, 6) is 1.71. The first-order valence-corrected chi connectivity index (χ1v) is 10.6. The zero-order chi connectivity index (χ0) is 22.5. The van der Waals surface area contributed by atoms with Crippen molar-refractivity contribution in [2.75, 3.05) is 20.2 Å². The monoisotopic (exact) mass is 434 g/mol. The third-order valence-electron chi connectivity index (χ3n) is 5.70. The molecule has 1 aromatic heterocycles. The summed E-state index contributed by atoms with van der Waals surface area (Å²) in [5, 5.41) is 6.90. The number of carbonyl (C=O) groups excluding carboxylic acids is 2. The standard InChI is InChI=1S/C24H26N4O4/c1-16-26-22(27-32-16)18-5-7-20(8-6-18)24(30)28-13-11-19(12-14-28)23(29)25-15-17-3-9-21(31-2)10-4-17/h3-10,19H,11-15H2,1-2H3,(H,25,29). The zero-order valence-electron chi connectivity index (χ0n) is 18.2. The lowest BCUT2D eigenvalue weighted by Gasteiger charge is -2.31. The Bertz CT molecular complexity index is 1070. The number of amides is 2. The number of rotatable bonds is 6. The Hall–Kier alpha value is -3.68. The second-order valence-corrected chi connectivity index (χ2v) is 7.85. The molecule has 1 N–H and O–H groups in total. The van der Waals surface area contributed by atoms with Crippen molar-refractivity contribution in [3.8, 4) is 17.1 Å². The van der Waals surface area contributed by atoms with Gasteiger partial charge in [0, 0.05) is 43.6 Å². The molecule has 0 aliphatic carbocycles. The van der Waals surface area contributed by atoms with Gasteiger partial charge in [-0.25, -0.2) is 0 Å². The van der Waals surface area contributed by atoms with Crippen LogP contribution in [0.15, 0.2) is 53.1 Å². The van der Waals surface area contributed by atoms with Crippen LogP contribution in [-0.4, -0.2) is 47.1 Å². The van der Waals surface area contributed by atoms with E-state index in [1.165, 1.54) is 0 Å². The minimum Gasteiger partial charge on any atom is -0.497 e. The Morgan fingerprint density at radius 2 is 1.78 bits per heavy atom. The highest BCUT2D eigenvalue weighted by Crippen LogP contribution is 2.21. The van der Waals surface area contributed by atoms with Crippen molar-refractivity contribution < 1.29 is 18.8 Å². The summed E-state index contributed by atoms with van der Waals surface area (Å²) < 4.78 is 10.1. The minimum atomic E-state index is -0.0823. The van der Waals surface area contributed by atoms with Gasteiger partial charge >= 0.3 is 0 Å². The second kappa shape index (κ2) is 9.64. The number of hydrogen-bond acceptors (Lipinski definition) is 6. The first-order chi connectivity index (χ1) is 15.5. The summed E-state index contributed by atoms with van der Waals surface area (Å²) in [6.45, 7) is 3.34. The topological polar surface area (TPSA) is 97.6 Å². The van der Waals surface area contributed by atoms with Gasteiger partial charge in [-0.15, -0.1) is 0 Å². The fourth-order valence-electron chi connectivity index (χ4n) is 3.78. The molecule has 0 spiro atoms. The van der Waals surface area contributed by atoms with Crippen molar-refractivity contribution in [2.24, 2.45) is 5.92 Å². The van der Waals surface area contributed by atoms with Crippen LogP contribution in [0.1, 0.15) is 34.7 Å². The highest BCUT2D eigenvalue weighted by atomic mass is 16.5. The van der Waals surface area contributed by atoms with E-state index in [0.717, 1.165) is 16.9 Å². The van der Waals surface area contributed by atoms with Crippen LogP contribution < -0.4 is 10.1 Å². The van der Waals surface area contributed by atoms with Crippen molar-refractivity contribution in [3.05, 3.63) is 65.5 Å². The van der Waals surface area contributed by atoms with Crippen LogP contribution in [0, 0.1) is 12.8 Å². The second-order valence-electron chi connectivity index (χ2n) is 7.85. The molecule has 8 nitrogen and oxygen atoms in total. The molecule has 1 fully saturated rings. The predicted octanol–water partition coefficient (Wildman–Crippen LogP) is 3.22. The number of benzene rings is 2. The number of likely N-dealkylation sites (tertiary alicyclic amines) is 1. The molecule has 4 rings (SSSR count). The number of aryl methyl sites for hydroxylation is 1. The molecular weight excluding hydrogens is 408 g/mol. The SMILES string of the molecule is COc1ccc(CNC(=O)C2CCN(C(=O)c3ccc(-c4noc(C)n4)cc3)CC2)cc1. The molecular formula is C24H26N4O4. The lowest BCUT2D eigenvalue weighted by Crippen LogP contribution is -2.42. The Kier molecular flexibility index (Phi) is 6.49. The number of hydrogen-bond donors (Lipinski definition) is 1. The summed E-state index contributed by atoms with van der Waals surface area (Å²) in [5.41, 5.74) is 2.42. The number of ether oxygens (including phenoxy) is 1. The van der Waals surface area contributed by atoms with E-state index in [2.05, 4.69) is 15.5 Å². The summed E-state index contributed by atoms with van der Waals surface area (Å²) >= 11 is 0. The van der Waals surface area contributed by atoms with Gasteiger partial charge in [0.1, 0.15) is 5.75 Å². The Morgan fingerprint density at radius 1 is 1.09 bits per heavy atom. The molecule has 0 unspecified atom stereocenters. The molecule has 2 amide bonds. The predicted molar refractivity (Wildman–Crippen MR) is 118 cm³/mol. The van der Waals surface area contributed by atoms with Crippen LogP contribution in [0.25, 0.3) is 11.4 Å². The van der Waals surface area contributed by atoms with E-state index < -0.39 is 0 Å². The molecule has 2 heterocycles. The summed E-state index contributed by atoms with van der Waals surface area (Å²) in [6.07, 6.45) is 1.31. The number of piperidine rings is 1. The van der Waals surface area contributed by atoms with E-state index in [1.54, 1.807) is 31.1 Å². The Morgan fingerprint density at radius 3 is 2.38 bits per heavy atom. The fraction of sp³-hybridized carbons (Fsp3) is 0.333. The van der Waals surface area contributed by atoms with Gasteiger partial charge < -0.3 is 19.5 Å². The minimum absolute atomic E-state index is 0.0297. The number of nitrogens with one attached hydrogen (secondary N) is 1. The molecule has 3 aromatic rings.